The number of aromatic nitrogens is 2. The van der Waals surface area contributed by atoms with Gasteiger partial charge in [0, 0.05) is 27.5 Å². The third-order valence-corrected chi connectivity index (χ3v) is 2.97. The van der Waals surface area contributed by atoms with Gasteiger partial charge in [-0.05, 0) is 30.3 Å². The molecule has 0 saturated heterocycles. The molecule has 0 aliphatic rings. The molecule has 6 heteroatoms. The molecule has 0 unspecified atom stereocenters. The zero-order valence-corrected chi connectivity index (χ0v) is 11.1. The highest BCUT2D eigenvalue weighted by molar-refractivity contribution is 6.30. The van der Waals surface area contributed by atoms with Gasteiger partial charge in [-0.15, -0.1) is 0 Å². The smallest absolute Gasteiger partial charge is 0.258 e. The van der Waals surface area contributed by atoms with Crippen LogP contribution in [0, 0.1) is 0 Å². The number of anilines is 2. The first-order valence-corrected chi connectivity index (χ1v) is 6.26. The summed E-state index contributed by atoms with van der Waals surface area (Å²) >= 11 is 5.94. The molecule has 5 nitrogen and oxygen atoms in total. The molecule has 3 rings (SSSR count). The van der Waals surface area contributed by atoms with Gasteiger partial charge in [0.1, 0.15) is 0 Å². The van der Waals surface area contributed by atoms with Crippen LogP contribution in [0.2, 0.25) is 5.02 Å². The molecule has 0 aliphatic carbocycles. The van der Waals surface area contributed by atoms with E-state index in [9.17, 15) is 0 Å². The molecule has 0 saturated carbocycles. The van der Waals surface area contributed by atoms with Crippen LogP contribution in [0.1, 0.15) is 0 Å². The first-order chi connectivity index (χ1) is 9.61. The maximum absolute atomic E-state index is 5.94. The van der Waals surface area contributed by atoms with Crippen LogP contribution in [0.25, 0.3) is 22.8 Å². The van der Waals surface area contributed by atoms with Crippen LogP contribution in [0.15, 0.2) is 47.0 Å². The van der Waals surface area contributed by atoms with Crippen molar-refractivity contribution >= 4 is 23.0 Å². The van der Waals surface area contributed by atoms with E-state index in [-0.39, 0.29) is 0 Å². The zero-order valence-electron chi connectivity index (χ0n) is 10.4. The molecule has 0 atom stereocenters. The minimum Gasteiger partial charge on any atom is -0.399 e. The third kappa shape index (κ3) is 2.44. The van der Waals surface area contributed by atoms with Gasteiger partial charge in [-0.3, -0.25) is 0 Å². The minimum absolute atomic E-state index is 0.360. The molecule has 1 heterocycles. The van der Waals surface area contributed by atoms with E-state index in [1.54, 1.807) is 30.3 Å². The second-order valence-electron chi connectivity index (χ2n) is 4.32. The third-order valence-electron chi connectivity index (χ3n) is 2.73. The first kappa shape index (κ1) is 12.5. The van der Waals surface area contributed by atoms with Gasteiger partial charge < -0.3 is 16.0 Å². The van der Waals surface area contributed by atoms with Crippen molar-refractivity contribution in [1.29, 1.82) is 0 Å². The number of nitrogens with zero attached hydrogens (tertiary/aromatic N) is 2. The summed E-state index contributed by atoms with van der Waals surface area (Å²) in [6, 6.07) is 12.4. The van der Waals surface area contributed by atoms with E-state index in [1.807, 2.05) is 12.1 Å². The Morgan fingerprint density at radius 3 is 2.40 bits per heavy atom. The van der Waals surface area contributed by atoms with Crippen LogP contribution in [0.3, 0.4) is 0 Å². The average Bonchev–Trinajstić information content (AvgIpc) is 2.87. The van der Waals surface area contributed by atoms with E-state index < -0.39 is 0 Å². The van der Waals surface area contributed by atoms with Crippen molar-refractivity contribution in [1.82, 2.24) is 10.1 Å². The van der Waals surface area contributed by atoms with Gasteiger partial charge in [0.05, 0.1) is 0 Å². The molecule has 2 aromatic carbocycles. The van der Waals surface area contributed by atoms with Gasteiger partial charge in [-0.25, -0.2) is 0 Å². The fourth-order valence-corrected chi connectivity index (χ4v) is 2.08. The molecule has 0 spiro atoms. The first-order valence-electron chi connectivity index (χ1n) is 5.88. The van der Waals surface area contributed by atoms with Crippen molar-refractivity contribution < 1.29 is 4.52 Å². The number of hydrogen-bond acceptors (Lipinski definition) is 5. The van der Waals surface area contributed by atoms with Gasteiger partial charge in [-0.1, -0.05) is 28.9 Å². The number of hydrogen-bond donors (Lipinski definition) is 2. The fourth-order valence-electron chi connectivity index (χ4n) is 1.89. The van der Waals surface area contributed by atoms with Crippen molar-refractivity contribution in [2.24, 2.45) is 0 Å². The SMILES string of the molecule is Nc1cc(N)cc(-c2nc(-c3cccc(Cl)c3)no2)c1. The summed E-state index contributed by atoms with van der Waals surface area (Å²) in [7, 11) is 0. The number of nitrogens with two attached hydrogens (primary N) is 2. The lowest BCUT2D eigenvalue weighted by atomic mass is 10.1. The molecule has 0 amide bonds. The molecular formula is C14H11ClN4O. The Bertz CT molecular complexity index is 749. The molecule has 3 aromatic rings. The van der Waals surface area contributed by atoms with E-state index in [1.165, 1.54) is 0 Å². The quantitative estimate of drug-likeness (QED) is 0.706. The Hall–Kier alpha value is -2.53. The largest absolute Gasteiger partial charge is 0.399 e. The van der Waals surface area contributed by atoms with Gasteiger partial charge >= 0.3 is 0 Å². The molecule has 0 radical (unpaired) electrons. The molecule has 1 aromatic heterocycles. The lowest BCUT2D eigenvalue weighted by molar-refractivity contribution is 0.432. The Balaban J connectivity index is 2.02. The van der Waals surface area contributed by atoms with Gasteiger partial charge in [0.25, 0.3) is 5.89 Å². The van der Waals surface area contributed by atoms with E-state index in [0.717, 1.165) is 5.56 Å². The Morgan fingerprint density at radius 1 is 0.950 bits per heavy atom. The van der Waals surface area contributed by atoms with Crippen molar-refractivity contribution in [3.63, 3.8) is 0 Å². The topological polar surface area (TPSA) is 91.0 Å². The second kappa shape index (κ2) is 4.86. The highest BCUT2D eigenvalue weighted by Crippen LogP contribution is 2.26. The van der Waals surface area contributed by atoms with E-state index >= 15 is 0 Å². The normalized spacial score (nSPS) is 10.7. The zero-order chi connectivity index (χ0) is 14.1. The summed E-state index contributed by atoms with van der Waals surface area (Å²) in [5, 5.41) is 4.55. The van der Waals surface area contributed by atoms with Gasteiger partial charge in [0.15, 0.2) is 0 Å². The molecule has 0 fully saturated rings. The summed E-state index contributed by atoms with van der Waals surface area (Å²) in [4.78, 5) is 4.33. The molecular weight excluding hydrogens is 276 g/mol. The van der Waals surface area contributed by atoms with E-state index in [0.29, 0.717) is 33.7 Å². The highest BCUT2D eigenvalue weighted by Gasteiger charge is 2.11. The lowest BCUT2D eigenvalue weighted by Gasteiger charge is -1.99. The van der Waals surface area contributed by atoms with Crippen LogP contribution in [-0.4, -0.2) is 10.1 Å². The van der Waals surface area contributed by atoms with Crippen molar-refractivity contribution in [2.75, 3.05) is 11.5 Å². The fraction of sp³-hybridized carbons (Fsp3) is 0. The number of rotatable bonds is 2. The van der Waals surface area contributed by atoms with Crippen molar-refractivity contribution in [3.05, 3.63) is 47.5 Å². The van der Waals surface area contributed by atoms with Crippen LogP contribution >= 0.6 is 11.6 Å². The number of nitrogen functional groups attached to an aromatic ring is 2. The summed E-state index contributed by atoms with van der Waals surface area (Å²) in [5.74, 6) is 0.822. The Labute approximate surface area is 120 Å². The summed E-state index contributed by atoms with van der Waals surface area (Å²) in [5.41, 5.74) is 14.0. The molecule has 100 valence electrons. The summed E-state index contributed by atoms with van der Waals surface area (Å²) in [6.07, 6.45) is 0. The Morgan fingerprint density at radius 2 is 1.70 bits per heavy atom. The number of halogens is 1. The van der Waals surface area contributed by atoms with E-state index in [4.69, 9.17) is 27.6 Å². The maximum atomic E-state index is 5.94. The molecule has 20 heavy (non-hydrogen) atoms. The van der Waals surface area contributed by atoms with E-state index in [2.05, 4.69) is 10.1 Å². The molecule has 0 bridgehead atoms. The minimum atomic E-state index is 0.360. The molecule has 4 N–H and O–H groups in total. The van der Waals surface area contributed by atoms with Crippen LogP contribution in [0.4, 0.5) is 11.4 Å². The standard InChI is InChI=1S/C14H11ClN4O/c15-10-3-1-2-8(4-10)13-18-14(20-19-13)9-5-11(16)7-12(17)6-9/h1-7H,16-17H2. The Kier molecular flexibility index (Phi) is 3.04. The number of benzene rings is 2. The highest BCUT2D eigenvalue weighted by atomic mass is 35.5. The van der Waals surface area contributed by atoms with Crippen molar-refractivity contribution in [3.8, 4) is 22.8 Å². The van der Waals surface area contributed by atoms with Crippen LogP contribution in [0.5, 0.6) is 0 Å². The molecule has 0 aliphatic heterocycles. The predicted octanol–water partition coefficient (Wildman–Crippen LogP) is 3.22. The summed E-state index contributed by atoms with van der Waals surface area (Å²) < 4.78 is 5.24. The van der Waals surface area contributed by atoms with Crippen molar-refractivity contribution in [2.45, 2.75) is 0 Å². The lowest BCUT2D eigenvalue weighted by Crippen LogP contribution is -1.91. The second-order valence-corrected chi connectivity index (χ2v) is 4.76. The van der Waals surface area contributed by atoms with Crippen LogP contribution in [-0.2, 0) is 0 Å². The predicted molar refractivity (Wildman–Crippen MR) is 79.0 cm³/mol. The average molecular weight is 287 g/mol. The van der Waals surface area contributed by atoms with Crippen LogP contribution < -0.4 is 11.5 Å². The maximum Gasteiger partial charge on any atom is 0.258 e. The summed E-state index contributed by atoms with van der Waals surface area (Å²) in [6.45, 7) is 0. The van der Waals surface area contributed by atoms with Gasteiger partial charge in [0.2, 0.25) is 5.82 Å². The monoisotopic (exact) mass is 286 g/mol. The van der Waals surface area contributed by atoms with Gasteiger partial charge in [-0.2, -0.15) is 4.98 Å².